The third-order valence-corrected chi connectivity index (χ3v) is 6.07. The molecule has 3 N–H and O–H groups in total. The molecule has 2 aliphatic rings. The molecule has 26 heavy (non-hydrogen) atoms. The Balaban J connectivity index is 1.76. The molecule has 0 spiro atoms. The van der Waals surface area contributed by atoms with E-state index in [9.17, 15) is 10.2 Å². The lowest BCUT2D eigenvalue weighted by Gasteiger charge is -2.36. The minimum Gasteiger partial charge on any atom is -0.493 e. The summed E-state index contributed by atoms with van der Waals surface area (Å²) in [6.45, 7) is 5.66. The van der Waals surface area contributed by atoms with Crippen LogP contribution in [0.2, 0.25) is 0 Å². The van der Waals surface area contributed by atoms with Gasteiger partial charge in [0.25, 0.3) is 0 Å². The van der Waals surface area contributed by atoms with Gasteiger partial charge in [0.2, 0.25) is 0 Å². The van der Waals surface area contributed by atoms with Crippen LogP contribution in [0.4, 0.5) is 0 Å². The van der Waals surface area contributed by atoms with Crippen molar-refractivity contribution in [1.82, 2.24) is 5.32 Å². The maximum Gasteiger partial charge on any atom is 0.161 e. The van der Waals surface area contributed by atoms with E-state index in [1.807, 2.05) is 25.1 Å². The average molecular weight is 365 g/mol. The number of aliphatic hydroxyl groups excluding tert-OH is 2. The van der Waals surface area contributed by atoms with Crippen molar-refractivity contribution in [2.24, 2.45) is 5.41 Å². The van der Waals surface area contributed by atoms with Crippen LogP contribution in [-0.2, 0) is 4.74 Å². The van der Waals surface area contributed by atoms with Crippen LogP contribution in [0.1, 0.15) is 44.6 Å². The Labute approximate surface area is 155 Å². The number of methoxy groups -OCH3 is 1. The van der Waals surface area contributed by atoms with Gasteiger partial charge >= 0.3 is 0 Å². The predicted octanol–water partition coefficient (Wildman–Crippen LogP) is 2.04. The zero-order valence-corrected chi connectivity index (χ0v) is 15.9. The summed E-state index contributed by atoms with van der Waals surface area (Å²) in [7, 11) is 1.63. The van der Waals surface area contributed by atoms with Crippen molar-refractivity contribution < 1.29 is 24.4 Å². The predicted molar refractivity (Wildman–Crippen MR) is 98.6 cm³/mol. The van der Waals surface area contributed by atoms with Crippen LogP contribution >= 0.6 is 0 Å². The van der Waals surface area contributed by atoms with Gasteiger partial charge in [-0.15, -0.1) is 0 Å². The number of hydrogen-bond donors (Lipinski definition) is 3. The number of aliphatic hydroxyl groups is 2. The molecule has 1 aromatic rings. The lowest BCUT2D eigenvalue weighted by molar-refractivity contribution is -0.0463. The van der Waals surface area contributed by atoms with Gasteiger partial charge < -0.3 is 24.4 Å². The third-order valence-electron chi connectivity index (χ3n) is 6.07. The summed E-state index contributed by atoms with van der Waals surface area (Å²) < 4.78 is 17.1. The van der Waals surface area contributed by atoms with Gasteiger partial charge in [-0.1, -0.05) is 13.0 Å². The molecule has 3 rings (SSSR count). The van der Waals surface area contributed by atoms with Crippen molar-refractivity contribution in [1.29, 1.82) is 0 Å². The highest BCUT2D eigenvalue weighted by Gasteiger charge is 2.50. The van der Waals surface area contributed by atoms with Crippen LogP contribution in [-0.4, -0.2) is 55.5 Å². The second-order valence-electron chi connectivity index (χ2n) is 7.59. The van der Waals surface area contributed by atoms with Crippen molar-refractivity contribution >= 4 is 0 Å². The fraction of sp³-hybridized carbons (Fsp3) is 0.700. The average Bonchev–Trinajstić information content (AvgIpc) is 3.24. The quantitative estimate of drug-likeness (QED) is 0.686. The first-order valence-corrected chi connectivity index (χ1v) is 9.48. The topological polar surface area (TPSA) is 80.2 Å². The number of ether oxygens (including phenoxy) is 3. The van der Waals surface area contributed by atoms with Gasteiger partial charge in [0.05, 0.1) is 25.9 Å². The van der Waals surface area contributed by atoms with E-state index >= 15 is 0 Å². The molecular weight excluding hydrogens is 334 g/mol. The Hall–Kier alpha value is -1.34. The zero-order chi connectivity index (χ0) is 18.7. The normalized spacial score (nSPS) is 32.6. The summed E-state index contributed by atoms with van der Waals surface area (Å²) >= 11 is 0. The van der Waals surface area contributed by atoms with E-state index in [2.05, 4.69) is 5.32 Å². The Bertz CT molecular complexity index is 602. The Morgan fingerprint density at radius 3 is 2.85 bits per heavy atom. The molecule has 0 bridgehead atoms. The van der Waals surface area contributed by atoms with E-state index in [0.717, 1.165) is 31.4 Å². The number of hydrogen-bond acceptors (Lipinski definition) is 6. The molecule has 2 aliphatic heterocycles. The standard InChI is InChI=1S/C20H31NO5/c1-13(22)20(2)16(12-21-19(20)23)14-6-7-17(24-3)18(11-14)26-10-8-15-5-4-9-25-15/h6-7,11,13,15-16,19,21-23H,4-5,8-10,12H2,1-3H3/t13-,15?,16+,19?,20-/m1/s1. The first-order chi connectivity index (χ1) is 12.5. The highest BCUT2D eigenvalue weighted by molar-refractivity contribution is 5.45. The molecule has 2 unspecified atom stereocenters. The largest absolute Gasteiger partial charge is 0.493 e. The fourth-order valence-corrected chi connectivity index (χ4v) is 4.05. The van der Waals surface area contributed by atoms with Gasteiger partial charge in [-0.3, -0.25) is 5.32 Å². The Morgan fingerprint density at radius 1 is 1.38 bits per heavy atom. The lowest BCUT2D eigenvalue weighted by atomic mass is 9.71. The highest BCUT2D eigenvalue weighted by atomic mass is 16.5. The molecular formula is C20H31NO5. The highest BCUT2D eigenvalue weighted by Crippen LogP contribution is 2.46. The van der Waals surface area contributed by atoms with E-state index in [1.165, 1.54) is 0 Å². The Kier molecular flexibility index (Phi) is 6.07. The first kappa shape index (κ1) is 19.4. The molecule has 0 aromatic heterocycles. The van der Waals surface area contributed by atoms with E-state index in [-0.39, 0.29) is 12.0 Å². The van der Waals surface area contributed by atoms with Gasteiger partial charge in [0.15, 0.2) is 11.5 Å². The van der Waals surface area contributed by atoms with Crippen LogP contribution < -0.4 is 14.8 Å². The summed E-state index contributed by atoms with van der Waals surface area (Å²) in [5, 5.41) is 23.7. The maximum absolute atomic E-state index is 10.3. The van der Waals surface area contributed by atoms with Crippen LogP contribution in [0.5, 0.6) is 11.5 Å². The SMILES string of the molecule is COc1ccc([C@@H]2CNC(O)[C@]2(C)[C@@H](C)O)cc1OCCC1CCCO1. The lowest BCUT2D eigenvalue weighted by Crippen LogP contribution is -2.44. The van der Waals surface area contributed by atoms with Crippen LogP contribution in [0.3, 0.4) is 0 Å². The summed E-state index contributed by atoms with van der Waals surface area (Å²) in [4.78, 5) is 0. The second-order valence-corrected chi connectivity index (χ2v) is 7.59. The van der Waals surface area contributed by atoms with E-state index < -0.39 is 17.7 Å². The molecule has 2 heterocycles. The van der Waals surface area contributed by atoms with Gasteiger partial charge in [-0.05, 0) is 37.5 Å². The van der Waals surface area contributed by atoms with Crippen molar-refractivity contribution in [2.45, 2.75) is 57.5 Å². The van der Waals surface area contributed by atoms with Gasteiger partial charge in [-0.2, -0.15) is 0 Å². The molecule has 146 valence electrons. The number of nitrogens with one attached hydrogen (secondary N) is 1. The summed E-state index contributed by atoms with van der Waals surface area (Å²) in [6, 6.07) is 5.85. The van der Waals surface area contributed by atoms with Gasteiger partial charge in [-0.25, -0.2) is 0 Å². The summed E-state index contributed by atoms with van der Waals surface area (Å²) in [5.74, 6) is 1.35. The van der Waals surface area contributed by atoms with E-state index in [0.29, 0.717) is 24.7 Å². The maximum atomic E-state index is 10.3. The molecule has 6 nitrogen and oxygen atoms in total. The molecule has 5 atom stereocenters. The molecule has 2 saturated heterocycles. The second kappa shape index (κ2) is 8.13. The zero-order valence-electron chi connectivity index (χ0n) is 15.9. The fourth-order valence-electron chi connectivity index (χ4n) is 4.05. The molecule has 0 saturated carbocycles. The minimum absolute atomic E-state index is 0.0241. The smallest absolute Gasteiger partial charge is 0.161 e. The molecule has 0 radical (unpaired) electrons. The number of benzene rings is 1. The van der Waals surface area contributed by atoms with E-state index in [4.69, 9.17) is 14.2 Å². The van der Waals surface area contributed by atoms with Crippen LogP contribution in [0.25, 0.3) is 0 Å². The van der Waals surface area contributed by atoms with Gasteiger partial charge in [0, 0.05) is 30.9 Å². The first-order valence-electron chi connectivity index (χ1n) is 9.48. The molecule has 1 aromatic carbocycles. The summed E-state index contributed by atoms with van der Waals surface area (Å²) in [6.07, 6.45) is 1.97. The van der Waals surface area contributed by atoms with Crippen molar-refractivity contribution in [3.8, 4) is 11.5 Å². The van der Waals surface area contributed by atoms with Crippen LogP contribution in [0, 0.1) is 5.41 Å². The van der Waals surface area contributed by atoms with Crippen molar-refractivity contribution in [3.63, 3.8) is 0 Å². The molecule has 0 aliphatic carbocycles. The number of rotatable bonds is 7. The van der Waals surface area contributed by atoms with Crippen LogP contribution in [0.15, 0.2) is 18.2 Å². The Morgan fingerprint density at radius 2 is 2.19 bits per heavy atom. The summed E-state index contributed by atoms with van der Waals surface area (Å²) in [5.41, 5.74) is 0.356. The van der Waals surface area contributed by atoms with E-state index in [1.54, 1.807) is 14.0 Å². The van der Waals surface area contributed by atoms with Crippen molar-refractivity contribution in [3.05, 3.63) is 23.8 Å². The van der Waals surface area contributed by atoms with Crippen molar-refractivity contribution in [2.75, 3.05) is 26.9 Å². The van der Waals surface area contributed by atoms with Gasteiger partial charge in [0.1, 0.15) is 6.23 Å². The molecule has 2 fully saturated rings. The molecule has 0 amide bonds. The third kappa shape index (κ3) is 3.69. The monoisotopic (exact) mass is 365 g/mol. The molecule has 6 heteroatoms. The minimum atomic E-state index is -0.751.